The van der Waals surface area contributed by atoms with Crippen molar-refractivity contribution in [1.29, 1.82) is 0 Å². The standard InChI is InChI=1S/C18H27FO8P2/c1-5-24-28(22,25-6-2)17(29(23,26-7-3)27-8-4)13-16(20)18(21)14-10-9-11-15(19)12-14/h9-12,17H,5-8,13H2,1-4H3. The smallest absolute Gasteiger partial charge is 0.308 e. The zero-order valence-electron chi connectivity index (χ0n) is 17.0. The van der Waals surface area contributed by atoms with Gasteiger partial charge >= 0.3 is 15.2 Å². The Labute approximate surface area is 170 Å². The fraction of sp³-hybridized carbons (Fsp3) is 0.556. The van der Waals surface area contributed by atoms with Crippen molar-refractivity contribution in [2.75, 3.05) is 26.4 Å². The van der Waals surface area contributed by atoms with Crippen LogP contribution in [0.3, 0.4) is 0 Å². The lowest BCUT2D eigenvalue weighted by molar-refractivity contribution is -0.115. The Hall–Kier alpha value is -1.21. The Bertz CT molecular complexity index is 748. The highest BCUT2D eigenvalue weighted by Gasteiger charge is 2.52. The fourth-order valence-corrected chi connectivity index (χ4v) is 7.83. The van der Waals surface area contributed by atoms with Crippen LogP contribution in [0.2, 0.25) is 0 Å². The third-order valence-corrected chi connectivity index (χ3v) is 9.67. The largest absolute Gasteiger partial charge is 0.346 e. The summed E-state index contributed by atoms with van der Waals surface area (Å²) in [5.41, 5.74) is -0.181. The molecule has 11 heteroatoms. The Morgan fingerprint density at radius 2 is 1.34 bits per heavy atom. The van der Waals surface area contributed by atoms with Gasteiger partial charge in [0.25, 0.3) is 0 Å². The number of Topliss-reactive ketones (excluding diaryl/α,β-unsaturated/α-hetero) is 2. The molecule has 0 radical (unpaired) electrons. The number of benzene rings is 1. The molecule has 0 aliphatic heterocycles. The van der Waals surface area contributed by atoms with Crippen molar-refractivity contribution in [2.24, 2.45) is 0 Å². The predicted molar refractivity (Wildman–Crippen MR) is 106 cm³/mol. The predicted octanol–water partition coefficient (Wildman–Crippen LogP) is 4.83. The molecule has 0 aliphatic carbocycles. The summed E-state index contributed by atoms with van der Waals surface area (Å²) in [7, 11) is -8.33. The van der Waals surface area contributed by atoms with E-state index in [2.05, 4.69) is 0 Å². The molecule has 8 nitrogen and oxygen atoms in total. The first kappa shape index (κ1) is 25.8. The summed E-state index contributed by atoms with van der Waals surface area (Å²) in [5.74, 6) is -2.75. The van der Waals surface area contributed by atoms with Crippen LogP contribution in [0.4, 0.5) is 4.39 Å². The lowest BCUT2D eigenvalue weighted by Gasteiger charge is -2.30. The minimum absolute atomic E-state index is 0.0575. The van der Waals surface area contributed by atoms with Crippen LogP contribution in [0, 0.1) is 5.82 Å². The van der Waals surface area contributed by atoms with Crippen molar-refractivity contribution in [1.82, 2.24) is 0 Å². The lowest BCUT2D eigenvalue weighted by atomic mass is 10.1. The van der Waals surface area contributed by atoms with Crippen LogP contribution >= 0.6 is 15.2 Å². The second-order valence-electron chi connectivity index (χ2n) is 5.70. The second kappa shape index (κ2) is 11.8. The summed E-state index contributed by atoms with van der Waals surface area (Å²) in [6.45, 7) is 5.97. The molecule has 0 amide bonds. The number of carbonyl (C=O) groups is 2. The van der Waals surface area contributed by atoms with E-state index in [1.807, 2.05) is 0 Å². The van der Waals surface area contributed by atoms with Gasteiger partial charge in [0, 0.05) is 12.0 Å². The number of carbonyl (C=O) groups excluding carboxylic acids is 2. The molecule has 164 valence electrons. The van der Waals surface area contributed by atoms with E-state index < -0.39 is 44.4 Å². The maximum Gasteiger partial charge on any atom is 0.346 e. The van der Waals surface area contributed by atoms with Crippen molar-refractivity contribution in [2.45, 2.75) is 39.5 Å². The SMILES string of the molecule is CCOP(=O)(OCC)C(CC(=O)C(=O)c1cccc(F)c1)P(=O)(OCC)OCC. The van der Waals surface area contributed by atoms with Crippen molar-refractivity contribution >= 4 is 26.8 Å². The maximum atomic E-state index is 13.4. The van der Waals surface area contributed by atoms with E-state index in [0.29, 0.717) is 0 Å². The van der Waals surface area contributed by atoms with Gasteiger partial charge in [0.1, 0.15) is 5.82 Å². The van der Waals surface area contributed by atoms with Crippen LogP contribution in [0.25, 0.3) is 0 Å². The van der Waals surface area contributed by atoms with E-state index in [9.17, 15) is 23.1 Å². The van der Waals surface area contributed by atoms with Gasteiger partial charge < -0.3 is 18.1 Å². The van der Waals surface area contributed by atoms with Crippen LogP contribution in [-0.4, -0.2) is 43.4 Å². The first-order valence-corrected chi connectivity index (χ1v) is 12.5. The molecule has 1 rings (SSSR count). The highest BCUT2D eigenvalue weighted by atomic mass is 31.2. The minimum Gasteiger partial charge on any atom is -0.308 e. The molecule has 1 aromatic carbocycles. The average molecular weight is 452 g/mol. The Morgan fingerprint density at radius 1 is 0.897 bits per heavy atom. The zero-order valence-corrected chi connectivity index (χ0v) is 18.7. The Balaban J connectivity index is 3.35. The average Bonchev–Trinajstić information content (AvgIpc) is 2.66. The topological polar surface area (TPSA) is 105 Å². The Morgan fingerprint density at radius 3 is 1.72 bits per heavy atom. The van der Waals surface area contributed by atoms with E-state index in [4.69, 9.17) is 18.1 Å². The van der Waals surface area contributed by atoms with Crippen molar-refractivity contribution in [3.8, 4) is 0 Å². The van der Waals surface area contributed by atoms with Gasteiger partial charge in [-0.2, -0.15) is 0 Å². The van der Waals surface area contributed by atoms with Gasteiger partial charge in [0.15, 0.2) is 5.40 Å². The molecule has 0 fully saturated rings. The van der Waals surface area contributed by atoms with E-state index in [1.54, 1.807) is 27.7 Å². The van der Waals surface area contributed by atoms with Gasteiger partial charge in [-0.05, 0) is 39.8 Å². The molecule has 0 spiro atoms. The molecule has 0 N–H and O–H groups in total. The van der Waals surface area contributed by atoms with E-state index in [-0.39, 0.29) is 32.0 Å². The van der Waals surface area contributed by atoms with Gasteiger partial charge in [-0.3, -0.25) is 18.7 Å². The lowest BCUT2D eigenvalue weighted by Crippen LogP contribution is -2.25. The number of ketones is 2. The number of halogens is 1. The Kier molecular flexibility index (Phi) is 10.5. The van der Waals surface area contributed by atoms with Gasteiger partial charge in [-0.1, -0.05) is 12.1 Å². The molecule has 0 saturated carbocycles. The normalized spacial score (nSPS) is 12.3. The number of hydrogen-bond donors (Lipinski definition) is 0. The molecule has 0 aliphatic rings. The van der Waals surface area contributed by atoms with Crippen molar-refractivity contribution < 1.29 is 41.2 Å². The molecular formula is C18H27FO8P2. The van der Waals surface area contributed by atoms with Crippen LogP contribution in [0.1, 0.15) is 44.5 Å². The summed E-state index contributed by atoms with van der Waals surface area (Å²) in [6.07, 6.45) is -0.774. The summed E-state index contributed by atoms with van der Waals surface area (Å²) in [5, 5.41) is -1.64. The number of rotatable bonds is 14. The highest BCUT2D eigenvalue weighted by Crippen LogP contribution is 2.71. The molecule has 29 heavy (non-hydrogen) atoms. The summed E-state index contributed by atoms with van der Waals surface area (Å²) in [4.78, 5) is 25.1. The zero-order chi connectivity index (χ0) is 22.1. The summed E-state index contributed by atoms with van der Waals surface area (Å²) >= 11 is 0. The van der Waals surface area contributed by atoms with Gasteiger partial charge in [0.2, 0.25) is 11.6 Å². The maximum absolute atomic E-state index is 13.4. The molecule has 0 heterocycles. The van der Waals surface area contributed by atoms with Crippen LogP contribution in [0.15, 0.2) is 24.3 Å². The van der Waals surface area contributed by atoms with Crippen LogP contribution in [-0.2, 0) is 32.0 Å². The van der Waals surface area contributed by atoms with Gasteiger partial charge in [-0.25, -0.2) is 4.39 Å². The van der Waals surface area contributed by atoms with Crippen molar-refractivity contribution in [3.05, 3.63) is 35.6 Å². The monoisotopic (exact) mass is 452 g/mol. The molecule has 0 aromatic heterocycles. The summed E-state index contributed by atoms with van der Waals surface area (Å²) in [6, 6.07) is 4.59. The van der Waals surface area contributed by atoms with Gasteiger partial charge in [0.05, 0.1) is 26.4 Å². The van der Waals surface area contributed by atoms with Crippen LogP contribution in [0.5, 0.6) is 0 Å². The molecule has 0 unspecified atom stereocenters. The van der Waals surface area contributed by atoms with Gasteiger partial charge in [-0.15, -0.1) is 0 Å². The van der Waals surface area contributed by atoms with E-state index >= 15 is 0 Å². The molecular weight excluding hydrogens is 425 g/mol. The van der Waals surface area contributed by atoms with Crippen LogP contribution < -0.4 is 0 Å². The molecule has 0 bridgehead atoms. The van der Waals surface area contributed by atoms with Crippen molar-refractivity contribution in [3.63, 3.8) is 0 Å². The molecule has 1 aromatic rings. The fourth-order valence-electron chi connectivity index (χ4n) is 2.58. The second-order valence-corrected chi connectivity index (χ2v) is 10.5. The first-order chi connectivity index (χ1) is 13.7. The third kappa shape index (κ3) is 6.92. The highest BCUT2D eigenvalue weighted by molar-refractivity contribution is 7.72. The molecule has 0 saturated heterocycles. The molecule has 0 atom stereocenters. The van der Waals surface area contributed by atoms with E-state index in [1.165, 1.54) is 12.1 Å². The quantitative estimate of drug-likeness (QED) is 0.225. The number of hydrogen-bond acceptors (Lipinski definition) is 8. The third-order valence-electron chi connectivity index (χ3n) is 3.67. The summed E-state index contributed by atoms with van der Waals surface area (Å²) < 4.78 is 61.1. The van der Waals surface area contributed by atoms with E-state index in [0.717, 1.165) is 12.1 Å². The minimum atomic E-state index is -4.17. The first-order valence-electron chi connectivity index (χ1n) is 9.28.